The highest BCUT2D eigenvalue weighted by atomic mass is 35.5. The number of nitrogens with one attached hydrogen (secondary N) is 2. The number of sulfonamides is 1. The third kappa shape index (κ3) is 5.40. The van der Waals surface area contributed by atoms with Gasteiger partial charge in [-0.2, -0.15) is 0 Å². The van der Waals surface area contributed by atoms with Crippen molar-refractivity contribution in [3.8, 4) is 0 Å². The van der Waals surface area contributed by atoms with E-state index in [1.807, 2.05) is 0 Å². The van der Waals surface area contributed by atoms with Gasteiger partial charge in [0.25, 0.3) is 5.91 Å². The predicted molar refractivity (Wildman–Crippen MR) is 103 cm³/mol. The molecule has 1 aliphatic rings. The maximum atomic E-state index is 12.4. The number of carbonyl (C=O) groups excluding carboxylic acids is 1. The standard InChI is InChI=1S/C17H27N3O4S.ClH/c1-20(2)25(22,23)15-6-4-14(5-7-15)16(21)19-12-17(13-24-3)8-10-18-11-9-17;/h4-7,18H,8-13H2,1-3H3,(H,19,21);1H. The molecule has 2 N–H and O–H groups in total. The number of hydrogen-bond acceptors (Lipinski definition) is 5. The highest BCUT2D eigenvalue weighted by Gasteiger charge is 2.32. The van der Waals surface area contributed by atoms with Crippen LogP contribution >= 0.6 is 12.4 Å². The number of carbonyl (C=O) groups is 1. The van der Waals surface area contributed by atoms with Crippen LogP contribution in [0, 0.1) is 5.41 Å². The van der Waals surface area contributed by atoms with E-state index in [-0.39, 0.29) is 28.6 Å². The van der Waals surface area contributed by atoms with Crippen molar-refractivity contribution in [2.45, 2.75) is 17.7 Å². The van der Waals surface area contributed by atoms with E-state index in [1.165, 1.54) is 38.4 Å². The molecule has 1 heterocycles. The topological polar surface area (TPSA) is 87.7 Å². The van der Waals surface area contributed by atoms with Crippen LogP contribution in [0.15, 0.2) is 29.2 Å². The second-order valence-electron chi connectivity index (χ2n) is 6.68. The Morgan fingerprint density at radius 2 is 1.81 bits per heavy atom. The molecule has 0 radical (unpaired) electrons. The molecule has 2 rings (SSSR count). The summed E-state index contributed by atoms with van der Waals surface area (Å²) in [5, 5.41) is 6.29. The monoisotopic (exact) mass is 405 g/mol. The zero-order chi connectivity index (χ0) is 18.5. The van der Waals surface area contributed by atoms with Gasteiger partial charge in [0.2, 0.25) is 10.0 Å². The lowest BCUT2D eigenvalue weighted by Crippen LogP contribution is -2.47. The number of hydrogen-bond donors (Lipinski definition) is 2. The van der Waals surface area contributed by atoms with E-state index >= 15 is 0 Å². The van der Waals surface area contributed by atoms with E-state index in [0.29, 0.717) is 18.7 Å². The summed E-state index contributed by atoms with van der Waals surface area (Å²) in [4.78, 5) is 12.6. The molecule has 1 aromatic rings. The molecule has 9 heteroatoms. The van der Waals surface area contributed by atoms with E-state index < -0.39 is 10.0 Å². The molecule has 1 fully saturated rings. The Balaban J connectivity index is 0.00000338. The summed E-state index contributed by atoms with van der Waals surface area (Å²) in [6.45, 7) is 2.97. The van der Waals surface area contributed by atoms with Gasteiger partial charge in [0.1, 0.15) is 0 Å². The van der Waals surface area contributed by atoms with Crippen LogP contribution in [0.1, 0.15) is 23.2 Å². The molecule has 1 saturated heterocycles. The van der Waals surface area contributed by atoms with E-state index in [1.54, 1.807) is 7.11 Å². The number of halogens is 1. The van der Waals surface area contributed by atoms with Gasteiger partial charge in [0.15, 0.2) is 0 Å². The van der Waals surface area contributed by atoms with Crippen LogP contribution in [0.3, 0.4) is 0 Å². The summed E-state index contributed by atoms with van der Waals surface area (Å²) in [7, 11) is 1.14. The average molecular weight is 406 g/mol. The van der Waals surface area contributed by atoms with Gasteiger partial charge >= 0.3 is 0 Å². The molecule has 148 valence electrons. The molecular formula is C17H28ClN3O4S. The van der Waals surface area contributed by atoms with Gasteiger partial charge < -0.3 is 15.4 Å². The molecule has 0 spiro atoms. The van der Waals surface area contributed by atoms with Crippen LogP contribution in [0.4, 0.5) is 0 Å². The van der Waals surface area contributed by atoms with E-state index in [4.69, 9.17) is 4.74 Å². The van der Waals surface area contributed by atoms with Crippen molar-refractivity contribution in [2.75, 3.05) is 47.4 Å². The first-order valence-electron chi connectivity index (χ1n) is 8.31. The van der Waals surface area contributed by atoms with Crippen molar-refractivity contribution in [1.29, 1.82) is 0 Å². The van der Waals surface area contributed by atoms with Crippen LogP contribution in [0.5, 0.6) is 0 Å². The van der Waals surface area contributed by atoms with Gasteiger partial charge in [-0.1, -0.05) is 0 Å². The van der Waals surface area contributed by atoms with Gasteiger partial charge in [-0.25, -0.2) is 12.7 Å². The quantitative estimate of drug-likeness (QED) is 0.709. The van der Waals surface area contributed by atoms with Crippen LogP contribution in [-0.4, -0.2) is 66.1 Å². The maximum Gasteiger partial charge on any atom is 0.251 e. The summed E-state index contributed by atoms with van der Waals surface area (Å²) < 4.78 is 30.6. The lowest BCUT2D eigenvalue weighted by Gasteiger charge is -2.37. The predicted octanol–water partition coefficient (Wildman–Crippen LogP) is 1.10. The number of rotatable bonds is 7. The smallest absolute Gasteiger partial charge is 0.251 e. The number of nitrogens with zero attached hydrogens (tertiary/aromatic N) is 1. The van der Waals surface area contributed by atoms with Gasteiger partial charge in [-0.15, -0.1) is 12.4 Å². The van der Waals surface area contributed by atoms with Gasteiger partial charge in [-0.05, 0) is 50.2 Å². The maximum absolute atomic E-state index is 12.4. The van der Waals surface area contributed by atoms with Gasteiger partial charge in [0, 0.05) is 38.7 Å². The van der Waals surface area contributed by atoms with E-state index in [2.05, 4.69) is 10.6 Å². The number of amides is 1. The number of benzene rings is 1. The Hall–Kier alpha value is -1.19. The lowest BCUT2D eigenvalue weighted by atomic mass is 9.79. The fourth-order valence-corrected chi connectivity index (χ4v) is 3.90. The van der Waals surface area contributed by atoms with Crippen molar-refractivity contribution in [1.82, 2.24) is 14.9 Å². The van der Waals surface area contributed by atoms with E-state index in [0.717, 1.165) is 30.2 Å². The van der Waals surface area contributed by atoms with Gasteiger partial charge in [0.05, 0.1) is 11.5 Å². The Bertz CT molecular complexity index is 681. The second kappa shape index (κ2) is 9.66. The average Bonchev–Trinajstić information content (AvgIpc) is 2.61. The van der Waals surface area contributed by atoms with Crippen molar-refractivity contribution in [3.05, 3.63) is 29.8 Å². The molecule has 1 aliphatic heterocycles. The highest BCUT2D eigenvalue weighted by molar-refractivity contribution is 7.89. The molecule has 7 nitrogen and oxygen atoms in total. The fraction of sp³-hybridized carbons (Fsp3) is 0.588. The van der Waals surface area contributed by atoms with Crippen LogP contribution in [0.2, 0.25) is 0 Å². The lowest BCUT2D eigenvalue weighted by molar-refractivity contribution is 0.0511. The Morgan fingerprint density at radius 1 is 1.23 bits per heavy atom. The number of piperidine rings is 1. The molecule has 1 amide bonds. The van der Waals surface area contributed by atoms with Crippen molar-refractivity contribution in [2.24, 2.45) is 5.41 Å². The second-order valence-corrected chi connectivity index (χ2v) is 8.83. The first-order chi connectivity index (χ1) is 11.8. The van der Waals surface area contributed by atoms with Crippen molar-refractivity contribution in [3.63, 3.8) is 0 Å². The first-order valence-corrected chi connectivity index (χ1v) is 9.75. The molecule has 0 atom stereocenters. The molecule has 0 aromatic heterocycles. The first kappa shape index (κ1) is 22.9. The summed E-state index contributed by atoms with van der Waals surface area (Å²) in [6, 6.07) is 5.99. The third-order valence-electron chi connectivity index (χ3n) is 4.63. The molecular weight excluding hydrogens is 378 g/mol. The molecule has 0 aliphatic carbocycles. The van der Waals surface area contributed by atoms with Crippen LogP contribution in [-0.2, 0) is 14.8 Å². The fourth-order valence-electron chi connectivity index (χ4n) is 2.99. The normalized spacial score (nSPS) is 16.8. The minimum absolute atomic E-state index is 0. The Morgan fingerprint density at radius 3 is 2.31 bits per heavy atom. The van der Waals surface area contributed by atoms with Crippen LogP contribution in [0.25, 0.3) is 0 Å². The molecule has 1 aromatic carbocycles. The zero-order valence-electron chi connectivity index (χ0n) is 15.4. The molecule has 0 bridgehead atoms. The molecule has 0 saturated carbocycles. The number of methoxy groups -OCH3 is 1. The Kier molecular flexibility index (Phi) is 8.49. The largest absolute Gasteiger partial charge is 0.384 e. The third-order valence-corrected chi connectivity index (χ3v) is 6.46. The Labute approximate surface area is 161 Å². The van der Waals surface area contributed by atoms with E-state index in [9.17, 15) is 13.2 Å². The van der Waals surface area contributed by atoms with Crippen molar-refractivity contribution < 1.29 is 17.9 Å². The summed E-state index contributed by atoms with van der Waals surface area (Å²) in [6.07, 6.45) is 1.89. The number of ether oxygens (including phenoxy) is 1. The highest BCUT2D eigenvalue weighted by Crippen LogP contribution is 2.28. The van der Waals surface area contributed by atoms with Gasteiger partial charge in [-0.3, -0.25) is 4.79 Å². The molecule has 0 unspecified atom stereocenters. The summed E-state index contributed by atoms with van der Waals surface area (Å²) in [5.41, 5.74) is 0.392. The van der Waals surface area contributed by atoms with Crippen LogP contribution < -0.4 is 10.6 Å². The summed E-state index contributed by atoms with van der Waals surface area (Å²) >= 11 is 0. The molecule has 26 heavy (non-hydrogen) atoms. The zero-order valence-corrected chi connectivity index (χ0v) is 17.1. The summed E-state index contributed by atoms with van der Waals surface area (Å²) in [5.74, 6) is -0.206. The SMILES string of the molecule is COCC1(CNC(=O)c2ccc(S(=O)(=O)N(C)C)cc2)CCNCC1.Cl. The minimum Gasteiger partial charge on any atom is -0.384 e. The minimum atomic E-state index is -3.49. The van der Waals surface area contributed by atoms with Crippen molar-refractivity contribution >= 4 is 28.3 Å².